The molecular weight excluding hydrogens is 508 g/mol. The van der Waals surface area contributed by atoms with Gasteiger partial charge in [-0.2, -0.15) is 0 Å². The van der Waals surface area contributed by atoms with Crippen LogP contribution in [0.4, 0.5) is 9.59 Å². The number of benzene rings is 2. The highest BCUT2D eigenvalue weighted by Gasteiger charge is 2.43. The lowest BCUT2D eigenvalue weighted by Crippen LogP contribution is -2.45. The second kappa shape index (κ2) is 15.1. The topological polar surface area (TPSA) is 135 Å². The summed E-state index contributed by atoms with van der Waals surface area (Å²) < 4.78 is 20.8. The molecule has 2 N–H and O–H groups in total. The molecule has 11 nitrogen and oxygen atoms in total. The highest BCUT2D eigenvalue weighted by atomic mass is 16.6. The number of carbonyl (C=O) groups excluding carboxylic acids is 2. The lowest BCUT2D eigenvalue weighted by atomic mass is 10.2. The normalized spacial score (nSPS) is 22.1. The summed E-state index contributed by atoms with van der Waals surface area (Å²) in [6, 6.07) is 17.5. The number of methoxy groups -OCH3 is 2. The molecule has 2 aliphatic heterocycles. The summed E-state index contributed by atoms with van der Waals surface area (Å²) in [5.74, 6) is -1.08. The third-order valence-corrected chi connectivity index (χ3v) is 6.75. The van der Waals surface area contributed by atoms with Gasteiger partial charge in [0, 0.05) is 27.3 Å². The van der Waals surface area contributed by atoms with Crippen LogP contribution in [-0.4, -0.2) is 96.4 Å². The fraction of sp³-hybridized carbons (Fsp3) is 0.464. The predicted octanol–water partition coefficient (Wildman–Crippen LogP) is 2.90. The van der Waals surface area contributed by atoms with E-state index in [0.717, 1.165) is 17.5 Å². The number of ether oxygens (including phenoxy) is 4. The van der Waals surface area contributed by atoms with Crippen molar-refractivity contribution < 1.29 is 43.5 Å². The molecule has 2 amide bonds. The van der Waals surface area contributed by atoms with Crippen LogP contribution in [0, 0.1) is 0 Å². The highest BCUT2D eigenvalue weighted by Crippen LogP contribution is 2.23. The first-order valence-electron chi connectivity index (χ1n) is 12.7. The van der Waals surface area contributed by atoms with E-state index in [2.05, 4.69) is 0 Å². The van der Waals surface area contributed by atoms with Crippen LogP contribution < -0.4 is 0 Å². The van der Waals surface area contributed by atoms with Gasteiger partial charge in [0.25, 0.3) is 0 Å². The molecule has 4 atom stereocenters. The molecule has 0 unspecified atom stereocenters. The molecule has 0 bridgehead atoms. The number of nitrogens with zero attached hydrogens (tertiary/aromatic N) is 2. The summed E-state index contributed by atoms with van der Waals surface area (Å²) >= 11 is 0. The van der Waals surface area contributed by atoms with Crippen LogP contribution in [0.5, 0.6) is 0 Å². The quantitative estimate of drug-likeness (QED) is 0.514. The standard InChI is InChI=1S/C14H17NO5.C14H19NO4/c1-19-11-7-8-15(12(11)13(16)17)14(18)20-9-10-5-3-2-4-6-10;1-18-13-7-8-15(12(13)9-16)14(17)19-10-11-5-3-2-4-6-11/h2-6,11-12H,7-9H2,1H3,(H,16,17);2-6,12-13,16H,7-10H2,1H3/t11-,12-;12-,13+/m01/s1. The molecule has 2 aromatic carbocycles. The van der Waals surface area contributed by atoms with Gasteiger partial charge in [0.2, 0.25) is 0 Å². The van der Waals surface area contributed by atoms with Crippen molar-refractivity contribution in [3.63, 3.8) is 0 Å². The molecular formula is C28H36N2O9. The smallest absolute Gasteiger partial charge is 0.410 e. The van der Waals surface area contributed by atoms with Crippen molar-refractivity contribution in [2.75, 3.05) is 33.9 Å². The van der Waals surface area contributed by atoms with Crippen molar-refractivity contribution in [1.29, 1.82) is 0 Å². The summed E-state index contributed by atoms with van der Waals surface area (Å²) in [6.07, 6.45) is -0.412. The molecule has 39 heavy (non-hydrogen) atoms. The third kappa shape index (κ3) is 8.16. The number of hydrogen-bond donors (Lipinski definition) is 2. The molecule has 11 heteroatoms. The molecule has 4 rings (SSSR count). The molecule has 2 saturated heterocycles. The number of rotatable bonds is 8. The van der Waals surface area contributed by atoms with E-state index < -0.39 is 30.3 Å². The minimum Gasteiger partial charge on any atom is -0.480 e. The number of aliphatic hydroxyl groups excluding tert-OH is 1. The first-order chi connectivity index (χ1) is 18.9. The molecule has 2 fully saturated rings. The van der Waals surface area contributed by atoms with Crippen LogP contribution in [-0.2, 0) is 37.0 Å². The minimum absolute atomic E-state index is 0.112. The SMILES string of the molecule is CO[C@H]1CCN(C(=O)OCc2ccccc2)[C@@H]1C(=O)O.CO[C@H]1CCN(C(=O)OCc2ccccc2)[C@@H]1CO. The second-order valence-corrected chi connectivity index (χ2v) is 9.13. The molecule has 2 aromatic rings. The van der Waals surface area contributed by atoms with Gasteiger partial charge in [-0.15, -0.1) is 0 Å². The van der Waals surface area contributed by atoms with Crippen LogP contribution in [0.25, 0.3) is 0 Å². The lowest BCUT2D eigenvalue weighted by molar-refractivity contribution is -0.145. The summed E-state index contributed by atoms with van der Waals surface area (Å²) in [5, 5.41) is 18.5. The zero-order valence-electron chi connectivity index (χ0n) is 22.2. The van der Waals surface area contributed by atoms with E-state index in [9.17, 15) is 24.6 Å². The Balaban J connectivity index is 0.000000216. The van der Waals surface area contributed by atoms with E-state index in [1.165, 1.54) is 16.9 Å². The van der Waals surface area contributed by atoms with E-state index in [4.69, 9.17) is 18.9 Å². The number of likely N-dealkylation sites (tertiary alicyclic amines) is 2. The van der Waals surface area contributed by atoms with Gasteiger partial charge in [-0.25, -0.2) is 14.4 Å². The van der Waals surface area contributed by atoms with Crippen LogP contribution in [0.3, 0.4) is 0 Å². The molecule has 0 spiro atoms. The first-order valence-corrected chi connectivity index (χ1v) is 12.7. The number of hydrogen-bond acceptors (Lipinski definition) is 8. The monoisotopic (exact) mass is 544 g/mol. The van der Waals surface area contributed by atoms with E-state index in [1.54, 1.807) is 7.11 Å². The van der Waals surface area contributed by atoms with Crippen molar-refractivity contribution in [2.45, 2.75) is 50.3 Å². The molecule has 212 valence electrons. The van der Waals surface area contributed by atoms with Crippen molar-refractivity contribution >= 4 is 18.2 Å². The first kappa shape index (κ1) is 29.9. The molecule has 0 aliphatic carbocycles. The Morgan fingerprint density at radius 3 is 1.69 bits per heavy atom. The Labute approximate surface area is 227 Å². The molecule has 0 aromatic heterocycles. The number of amides is 2. The van der Waals surface area contributed by atoms with Crippen LogP contribution >= 0.6 is 0 Å². The number of carboxylic acid groups (broad SMARTS) is 1. The Morgan fingerprint density at radius 1 is 0.769 bits per heavy atom. The fourth-order valence-corrected chi connectivity index (χ4v) is 4.66. The van der Waals surface area contributed by atoms with Gasteiger partial charge in [-0.1, -0.05) is 60.7 Å². The summed E-state index contributed by atoms with van der Waals surface area (Å²) in [5.41, 5.74) is 1.80. The Morgan fingerprint density at radius 2 is 1.23 bits per heavy atom. The van der Waals surface area contributed by atoms with Crippen LogP contribution in [0.1, 0.15) is 24.0 Å². The average Bonchev–Trinajstić information content (AvgIpc) is 3.60. The van der Waals surface area contributed by atoms with E-state index in [-0.39, 0.29) is 32.0 Å². The summed E-state index contributed by atoms with van der Waals surface area (Å²) in [4.78, 5) is 37.9. The third-order valence-electron chi connectivity index (χ3n) is 6.75. The van der Waals surface area contributed by atoms with Gasteiger partial charge in [0.15, 0.2) is 6.04 Å². The van der Waals surface area contributed by atoms with Crippen LogP contribution in [0.15, 0.2) is 60.7 Å². The second-order valence-electron chi connectivity index (χ2n) is 9.13. The number of aliphatic hydroxyl groups is 1. The fourth-order valence-electron chi connectivity index (χ4n) is 4.66. The maximum Gasteiger partial charge on any atom is 0.410 e. The molecule has 0 radical (unpaired) electrons. The Hall–Kier alpha value is -3.67. The van der Waals surface area contributed by atoms with Crippen LogP contribution in [0.2, 0.25) is 0 Å². The van der Waals surface area contributed by atoms with Crippen molar-refractivity contribution in [3.05, 3.63) is 71.8 Å². The Kier molecular flexibility index (Phi) is 11.5. The van der Waals surface area contributed by atoms with E-state index in [1.807, 2.05) is 60.7 Å². The average molecular weight is 545 g/mol. The van der Waals surface area contributed by atoms with E-state index in [0.29, 0.717) is 19.5 Å². The predicted molar refractivity (Wildman–Crippen MR) is 140 cm³/mol. The van der Waals surface area contributed by atoms with Gasteiger partial charge in [-0.3, -0.25) is 4.90 Å². The maximum atomic E-state index is 12.0. The van der Waals surface area contributed by atoms with Gasteiger partial charge in [0.1, 0.15) is 13.2 Å². The van der Waals surface area contributed by atoms with Crippen molar-refractivity contribution in [3.8, 4) is 0 Å². The van der Waals surface area contributed by atoms with Gasteiger partial charge in [0.05, 0.1) is 24.9 Å². The highest BCUT2D eigenvalue weighted by molar-refractivity contribution is 5.81. The molecule has 2 heterocycles. The zero-order chi connectivity index (χ0) is 28.2. The molecule has 0 saturated carbocycles. The number of aliphatic carboxylic acids is 1. The van der Waals surface area contributed by atoms with Crippen molar-refractivity contribution in [2.24, 2.45) is 0 Å². The van der Waals surface area contributed by atoms with Gasteiger partial charge >= 0.3 is 18.2 Å². The minimum atomic E-state index is -1.08. The van der Waals surface area contributed by atoms with E-state index >= 15 is 0 Å². The maximum absolute atomic E-state index is 12.0. The summed E-state index contributed by atoms with van der Waals surface area (Å²) in [6.45, 7) is 1.13. The lowest BCUT2D eigenvalue weighted by Gasteiger charge is -2.25. The Bertz CT molecular complexity index is 1050. The summed E-state index contributed by atoms with van der Waals surface area (Å²) in [7, 11) is 3.03. The zero-order valence-corrected chi connectivity index (χ0v) is 22.2. The van der Waals surface area contributed by atoms with Crippen molar-refractivity contribution in [1.82, 2.24) is 9.80 Å². The largest absolute Gasteiger partial charge is 0.480 e. The molecule has 2 aliphatic rings. The van der Waals surface area contributed by atoms with Gasteiger partial charge < -0.3 is 34.1 Å². The number of carboxylic acids is 1. The number of carbonyl (C=O) groups is 3. The van der Waals surface area contributed by atoms with Gasteiger partial charge in [-0.05, 0) is 24.0 Å².